The van der Waals surface area contributed by atoms with E-state index in [2.05, 4.69) is 36.2 Å². The van der Waals surface area contributed by atoms with E-state index in [0.29, 0.717) is 19.6 Å². The molecular weight excluding hydrogens is 384 g/mol. The fraction of sp³-hybridized carbons (Fsp3) is 0.364. The largest absolute Gasteiger partial charge is 0.497 e. The topological polar surface area (TPSA) is 57.7 Å². The van der Waals surface area contributed by atoms with Crippen molar-refractivity contribution in [1.29, 1.82) is 0 Å². The molecule has 29 heavy (non-hydrogen) atoms. The molecule has 0 spiro atoms. The predicted molar refractivity (Wildman–Crippen MR) is 118 cm³/mol. The monoisotopic (exact) mass is 410 g/mol. The summed E-state index contributed by atoms with van der Waals surface area (Å²) >= 11 is 1.73. The van der Waals surface area contributed by atoms with Crippen LogP contribution >= 0.6 is 11.3 Å². The van der Waals surface area contributed by atoms with Crippen molar-refractivity contribution >= 4 is 32.7 Å². The smallest absolute Gasteiger partial charge is 0.317 e. The number of aryl methyl sites for hydroxylation is 2. The van der Waals surface area contributed by atoms with Gasteiger partial charge in [0.15, 0.2) is 5.13 Å². The Balaban J connectivity index is 1.32. The highest BCUT2D eigenvalue weighted by molar-refractivity contribution is 7.22. The van der Waals surface area contributed by atoms with Crippen LogP contribution in [0.5, 0.6) is 5.75 Å². The average molecular weight is 411 g/mol. The number of nitrogens with zero attached hydrogens (tertiary/aromatic N) is 3. The van der Waals surface area contributed by atoms with Gasteiger partial charge in [0.1, 0.15) is 5.75 Å². The van der Waals surface area contributed by atoms with E-state index in [0.717, 1.165) is 35.1 Å². The van der Waals surface area contributed by atoms with Crippen molar-refractivity contribution in [3.63, 3.8) is 0 Å². The Morgan fingerprint density at radius 3 is 2.52 bits per heavy atom. The summed E-state index contributed by atoms with van der Waals surface area (Å²) in [5.74, 6) is 0.816. The molecule has 0 atom stereocenters. The number of hydrogen-bond acceptors (Lipinski definition) is 5. The normalized spacial score (nSPS) is 14.3. The van der Waals surface area contributed by atoms with Crippen molar-refractivity contribution in [3.8, 4) is 5.75 Å². The van der Waals surface area contributed by atoms with Crippen LogP contribution in [0.25, 0.3) is 10.2 Å². The fourth-order valence-electron chi connectivity index (χ4n) is 3.48. The van der Waals surface area contributed by atoms with Crippen molar-refractivity contribution in [2.75, 3.05) is 38.2 Å². The van der Waals surface area contributed by atoms with Crippen molar-refractivity contribution < 1.29 is 9.53 Å². The maximum Gasteiger partial charge on any atom is 0.317 e. The Morgan fingerprint density at radius 1 is 1.10 bits per heavy atom. The fourth-order valence-corrected chi connectivity index (χ4v) is 4.56. The van der Waals surface area contributed by atoms with E-state index in [9.17, 15) is 4.79 Å². The van der Waals surface area contributed by atoms with Gasteiger partial charge in [0.2, 0.25) is 0 Å². The van der Waals surface area contributed by atoms with Gasteiger partial charge in [-0.15, -0.1) is 0 Å². The van der Waals surface area contributed by atoms with Gasteiger partial charge in [-0.25, -0.2) is 9.78 Å². The van der Waals surface area contributed by atoms with Crippen LogP contribution in [0.3, 0.4) is 0 Å². The van der Waals surface area contributed by atoms with Gasteiger partial charge < -0.3 is 19.9 Å². The summed E-state index contributed by atoms with van der Waals surface area (Å²) in [5.41, 5.74) is 4.68. The first-order valence-electron chi connectivity index (χ1n) is 9.82. The summed E-state index contributed by atoms with van der Waals surface area (Å²) in [6, 6.07) is 12.0. The number of carbonyl (C=O) groups is 1. The van der Waals surface area contributed by atoms with E-state index in [1.54, 1.807) is 18.4 Å². The van der Waals surface area contributed by atoms with Crippen molar-refractivity contribution in [2.45, 2.75) is 20.4 Å². The molecule has 2 amide bonds. The van der Waals surface area contributed by atoms with Gasteiger partial charge in [-0.2, -0.15) is 0 Å². The summed E-state index contributed by atoms with van der Waals surface area (Å²) in [7, 11) is 1.65. The van der Waals surface area contributed by atoms with Crippen molar-refractivity contribution in [3.05, 3.63) is 53.1 Å². The molecule has 0 bridgehead atoms. The zero-order chi connectivity index (χ0) is 20.4. The number of urea groups is 1. The third-order valence-electron chi connectivity index (χ3n) is 5.51. The molecule has 1 aliphatic rings. The first-order chi connectivity index (χ1) is 14.0. The molecule has 1 aliphatic heterocycles. The van der Waals surface area contributed by atoms with Crippen molar-refractivity contribution in [1.82, 2.24) is 15.2 Å². The molecule has 4 rings (SSSR count). The number of anilines is 1. The molecular formula is C22H26N4O2S. The van der Waals surface area contributed by atoms with Crippen molar-refractivity contribution in [2.24, 2.45) is 0 Å². The van der Waals surface area contributed by atoms with E-state index in [1.807, 2.05) is 29.2 Å². The van der Waals surface area contributed by atoms with E-state index >= 15 is 0 Å². The Bertz CT molecular complexity index is 1010. The number of piperazine rings is 1. The Morgan fingerprint density at radius 2 is 1.83 bits per heavy atom. The summed E-state index contributed by atoms with van der Waals surface area (Å²) in [5, 5.41) is 4.06. The quantitative estimate of drug-likeness (QED) is 0.708. The van der Waals surface area contributed by atoms with E-state index < -0.39 is 0 Å². The van der Waals surface area contributed by atoms with Crippen LogP contribution in [0.1, 0.15) is 16.7 Å². The minimum atomic E-state index is -0.0174. The first-order valence-corrected chi connectivity index (χ1v) is 10.6. The van der Waals surface area contributed by atoms with Crippen LogP contribution in [-0.2, 0) is 6.54 Å². The van der Waals surface area contributed by atoms with Gasteiger partial charge in [0, 0.05) is 32.7 Å². The molecule has 1 N–H and O–H groups in total. The van der Waals surface area contributed by atoms with Crippen LogP contribution < -0.4 is 15.0 Å². The van der Waals surface area contributed by atoms with Crippen LogP contribution in [0, 0.1) is 13.8 Å². The maximum absolute atomic E-state index is 12.5. The molecule has 1 aromatic heterocycles. The molecule has 0 saturated carbocycles. The highest BCUT2D eigenvalue weighted by Crippen LogP contribution is 2.32. The number of carbonyl (C=O) groups excluding carboxylic acids is 1. The number of fused-ring (bicyclic) bond motifs is 1. The number of aromatic nitrogens is 1. The van der Waals surface area contributed by atoms with Gasteiger partial charge >= 0.3 is 6.03 Å². The summed E-state index contributed by atoms with van der Waals surface area (Å²) in [6.45, 7) is 7.76. The second-order valence-corrected chi connectivity index (χ2v) is 8.34. The number of thiazole rings is 1. The van der Waals surface area contributed by atoms with Gasteiger partial charge in [-0.05, 0) is 48.7 Å². The minimum absolute atomic E-state index is 0.0174. The van der Waals surface area contributed by atoms with Gasteiger partial charge in [-0.1, -0.05) is 29.5 Å². The second-order valence-electron chi connectivity index (χ2n) is 7.33. The van der Waals surface area contributed by atoms with Crippen LogP contribution in [0.4, 0.5) is 9.93 Å². The van der Waals surface area contributed by atoms with Gasteiger partial charge in [-0.3, -0.25) is 0 Å². The molecule has 0 aliphatic carbocycles. The molecule has 0 radical (unpaired) electrons. The lowest BCUT2D eigenvalue weighted by atomic mass is 10.1. The maximum atomic E-state index is 12.5. The number of methoxy groups -OCH3 is 1. The molecule has 1 saturated heterocycles. The first kappa shape index (κ1) is 19.5. The number of benzene rings is 2. The van der Waals surface area contributed by atoms with Crippen LogP contribution in [0.2, 0.25) is 0 Å². The molecule has 3 aromatic rings. The Kier molecular flexibility index (Phi) is 5.58. The summed E-state index contributed by atoms with van der Waals surface area (Å²) in [4.78, 5) is 21.6. The number of ether oxygens (including phenoxy) is 1. The summed E-state index contributed by atoms with van der Waals surface area (Å²) < 4.78 is 6.39. The lowest BCUT2D eigenvalue weighted by Crippen LogP contribution is -2.51. The third kappa shape index (κ3) is 4.15. The number of amides is 2. The zero-order valence-corrected chi connectivity index (χ0v) is 17.9. The van der Waals surface area contributed by atoms with Crippen LogP contribution in [-0.4, -0.2) is 49.2 Å². The number of nitrogens with one attached hydrogen (secondary N) is 1. The molecule has 7 heteroatoms. The van der Waals surface area contributed by atoms with E-state index in [1.165, 1.54) is 15.8 Å². The molecule has 6 nitrogen and oxygen atoms in total. The highest BCUT2D eigenvalue weighted by atomic mass is 32.1. The molecule has 152 valence electrons. The standard InChI is InChI=1S/C22H26N4O2S/c1-15-4-9-19-20(16(15)2)24-22(29-19)26-12-10-25(11-13-26)21(27)23-14-17-5-7-18(28-3)8-6-17/h4-9H,10-14H2,1-3H3,(H,23,27). The highest BCUT2D eigenvalue weighted by Gasteiger charge is 2.23. The van der Waals surface area contributed by atoms with E-state index in [4.69, 9.17) is 9.72 Å². The lowest BCUT2D eigenvalue weighted by Gasteiger charge is -2.34. The Hall–Kier alpha value is -2.80. The lowest BCUT2D eigenvalue weighted by molar-refractivity contribution is 0.194. The zero-order valence-electron chi connectivity index (χ0n) is 17.1. The SMILES string of the molecule is COc1ccc(CNC(=O)N2CCN(c3nc4c(C)c(C)ccc4s3)CC2)cc1. The molecule has 0 unspecified atom stereocenters. The third-order valence-corrected chi connectivity index (χ3v) is 6.60. The second kappa shape index (κ2) is 8.29. The molecule has 1 fully saturated rings. The van der Waals surface area contributed by atoms with Gasteiger partial charge in [0.25, 0.3) is 0 Å². The average Bonchev–Trinajstić information content (AvgIpc) is 3.20. The Labute approximate surface area is 175 Å². The number of hydrogen-bond donors (Lipinski definition) is 1. The van der Waals surface area contributed by atoms with Crippen LogP contribution in [0.15, 0.2) is 36.4 Å². The van der Waals surface area contributed by atoms with Gasteiger partial charge in [0.05, 0.1) is 17.3 Å². The number of rotatable bonds is 4. The predicted octanol–water partition coefficient (Wildman–Crippen LogP) is 3.95. The minimum Gasteiger partial charge on any atom is -0.497 e. The molecule has 2 heterocycles. The summed E-state index contributed by atoms with van der Waals surface area (Å²) in [6.07, 6.45) is 0. The molecule has 2 aromatic carbocycles. The van der Waals surface area contributed by atoms with E-state index in [-0.39, 0.29) is 6.03 Å².